The van der Waals surface area contributed by atoms with Gasteiger partial charge in [0.15, 0.2) is 17.3 Å². The topological polar surface area (TPSA) is 73.9 Å². The first-order valence-corrected chi connectivity index (χ1v) is 8.18. The molecule has 0 bridgehead atoms. The fraction of sp³-hybridized carbons (Fsp3) is 0.300. The summed E-state index contributed by atoms with van der Waals surface area (Å²) < 4.78 is 15.9. The van der Waals surface area contributed by atoms with E-state index in [9.17, 15) is 9.59 Å². The number of ether oxygens (including phenoxy) is 3. The summed E-state index contributed by atoms with van der Waals surface area (Å²) in [6.07, 6.45) is 0.790. The zero-order chi connectivity index (χ0) is 19.1. The average Bonchev–Trinajstić information content (AvgIpc) is 2.65. The van der Waals surface area contributed by atoms with Gasteiger partial charge in [0.1, 0.15) is 0 Å². The van der Waals surface area contributed by atoms with Gasteiger partial charge in [-0.2, -0.15) is 0 Å². The third-order valence-electron chi connectivity index (χ3n) is 3.92. The third kappa shape index (κ3) is 4.75. The lowest BCUT2D eigenvalue weighted by Crippen LogP contribution is -2.12. The van der Waals surface area contributed by atoms with E-state index in [0.717, 1.165) is 5.56 Å². The number of rotatable bonds is 8. The number of hydrogen-bond acceptors (Lipinski definition) is 5. The molecular weight excluding hydrogens is 334 g/mol. The van der Waals surface area contributed by atoms with E-state index in [1.807, 2.05) is 12.1 Å². The van der Waals surface area contributed by atoms with Crippen molar-refractivity contribution in [1.82, 2.24) is 0 Å². The molecule has 0 aromatic heterocycles. The van der Waals surface area contributed by atoms with Crippen molar-refractivity contribution in [3.63, 3.8) is 0 Å². The molecule has 6 heteroatoms. The Balaban J connectivity index is 2.05. The van der Waals surface area contributed by atoms with Gasteiger partial charge < -0.3 is 19.5 Å². The zero-order valence-electron chi connectivity index (χ0n) is 15.4. The van der Waals surface area contributed by atoms with Crippen molar-refractivity contribution < 1.29 is 23.8 Å². The van der Waals surface area contributed by atoms with Crippen molar-refractivity contribution in [2.45, 2.75) is 19.8 Å². The van der Waals surface area contributed by atoms with E-state index in [4.69, 9.17) is 14.2 Å². The monoisotopic (exact) mass is 357 g/mol. The molecule has 0 saturated heterocycles. The summed E-state index contributed by atoms with van der Waals surface area (Å²) in [6, 6.07) is 10.5. The number of ketones is 1. The predicted molar refractivity (Wildman–Crippen MR) is 99.5 cm³/mol. The van der Waals surface area contributed by atoms with Crippen LogP contribution in [0.5, 0.6) is 17.2 Å². The van der Waals surface area contributed by atoms with E-state index in [0.29, 0.717) is 34.9 Å². The molecule has 0 fully saturated rings. The summed E-state index contributed by atoms with van der Waals surface area (Å²) in [5.74, 6) is 1.44. The first kappa shape index (κ1) is 19.3. The molecule has 0 aliphatic carbocycles. The number of carbonyl (C=O) groups excluding carboxylic acids is 2. The van der Waals surface area contributed by atoms with Crippen LogP contribution in [-0.2, 0) is 11.2 Å². The van der Waals surface area contributed by atoms with Gasteiger partial charge in [0.25, 0.3) is 0 Å². The van der Waals surface area contributed by atoms with E-state index in [1.54, 1.807) is 45.6 Å². The lowest BCUT2D eigenvalue weighted by atomic mass is 10.1. The van der Waals surface area contributed by atoms with Crippen LogP contribution in [0.1, 0.15) is 29.3 Å². The van der Waals surface area contributed by atoms with E-state index < -0.39 is 0 Å². The highest BCUT2D eigenvalue weighted by molar-refractivity contribution is 5.97. The van der Waals surface area contributed by atoms with Crippen molar-refractivity contribution in [3.8, 4) is 17.2 Å². The Morgan fingerprint density at radius 1 is 0.962 bits per heavy atom. The highest BCUT2D eigenvalue weighted by Crippen LogP contribution is 2.38. The first-order chi connectivity index (χ1) is 12.5. The van der Waals surface area contributed by atoms with Crippen LogP contribution in [0, 0.1) is 0 Å². The Kier molecular flexibility index (Phi) is 6.60. The van der Waals surface area contributed by atoms with Crippen molar-refractivity contribution in [1.29, 1.82) is 0 Å². The fourth-order valence-electron chi connectivity index (χ4n) is 2.58. The number of hydrogen-bond donors (Lipinski definition) is 1. The number of aryl methyl sites for hydroxylation is 1. The zero-order valence-corrected chi connectivity index (χ0v) is 15.4. The van der Waals surface area contributed by atoms with Crippen LogP contribution in [-0.4, -0.2) is 33.0 Å². The lowest BCUT2D eigenvalue weighted by molar-refractivity contribution is -0.116. The van der Waals surface area contributed by atoms with Crippen LogP contribution < -0.4 is 19.5 Å². The maximum absolute atomic E-state index is 12.2. The summed E-state index contributed by atoms with van der Waals surface area (Å²) >= 11 is 0. The van der Waals surface area contributed by atoms with Gasteiger partial charge in [-0.15, -0.1) is 0 Å². The molecule has 0 atom stereocenters. The molecule has 0 unspecified atom stereocenters. The number of nitrogens with one attached hydrogen (secondary N) is 1. The smallest absolute Gasteiger partial charge is 0.224 e. The Morgan fingerprint density at radius 2 is 1.62 bits per heavy atom. The molecule has 138 valence electrons. The highest BCUT2D eigenvalue weighted by atomic mass is 16.5. The van der Waals surface area contributed by atoms with Crippen LogP contribution in [0.3, 0.4) is 0 Å². The van der Waals surface area contributed by atoms with Gasteiger partial charge >= 0.3 is 0 Å². The van der Waals surface area contributed by atoms with E-state index in [1.165, 1.54) is 6.92 Å². The minimum Gasteiger partial charge on any atom is -0.493 e. The highest BCUT2D eigenvalue weighted by Gasteiger charge is 2.14. The molecule has 2 rings (SSSR count). The van der Waals surface area contributed by atoms with Gasteiger partial charge in [-0.3, -0.25) is 9.59 Å². The maximum Gasteiger partial charge on any atom is 0.224 e. The number of Topliss-reactive ketones (excluding diaryl/α,β-unsaturated/α-hetero) is 1. The number of carbonyl (C=O) groups is 2. The Bertz CT molecular complexity index is 776. The van der Waals surface area contributed by atoms with Crippen molar-refractivity contribution in [2.75, 3.05) is 26.6 Å². The molecule has 0 radical (unpaired) electrons. The summed E-state index contributed by atoms with van der Waals surface area (Å²) in [5.41, 5.74) is 2.06. The van der Waals surface area contributed by atoms with Crippen LogP contribution in [0.2, 0.25) is 0 Å². The normalized spacial score (nSPS) is 10.2. The molecule has 0 heterocycles. The Morgan fingerprint density at radius 3 is 2.15 bits per heavy atom. The molecular formula is C20H23NO5. The fourth-order valence-corrected chi connectivity index (χ4v) is 2.58. The molecule has 1 amide bonds. The van der Waals surface area contributed by atoms with Crippen LogP contribution in [0.15, 0.2) is 36.4 Å². The van der Waals surface area contributed by atoms with Gasteiger partial charge in [-0.25, -0.2) is 0 Å². The van der Waals surface area contributed by atoms with Crippen molar-refractivity contribution in [2.24, 2.45) is 0 Å². The van der Waals surface area contributed by atoms with Gasteiger partial charge in [0.2, 0.25) is 11.7 Å². The van der Waals surface area contributed by atoms with Gasteiger partial charge in [0.05, 0.1) is 21.3 Å². The molecule has 0 spiro atoms. The molecule has 1 N–H and O–H groups in total. The number of benzene rings is 2. The standard InChI is InChI=1S/C20H23NO5/c1-13(22)15-6-5-7-16(12-15)21-19(23)9-8-14-10-17(24-2)20(26-4)18(11-14)25-3/h5-7,10-12H,8-9H2,1-4H3,(H,21,23). The Hall–Kier alpha value is -3.02. The lowest BCUT2D eigenvalue weighted by Gasteiger charge is -2.14. The second-order valence-electron chi connectivity index (χ2n) is 5.72. The molecule has 6 nitrogen and oxygen atoms in total. The molecule has 0 aliphatic rings. The van der Waals surface area contributed by atoms with E-state index in [2.05, 4.69) is 5.32 Å². The van der Waals surface area contributed by atoms with Gasteiger partial charge in [-0.1, -0.05) is 12.1 Å². The molecule has 2 aromatic rings. The van der Waals surface area contributed by atoms with E-state index in [-0.39, 0.29) is 18.1 Å². The minimum absolute atomic E-state index is 0.0430. The van der Waals surface area contributed by atoms with Crippen LogP contribution >= 0.6 is 0 Å². The predicted octanol–water partition coefficient (Wildman–Crippen LogP) is 3.49. The summed E-state index contributed by atoms with van der Waals surface area (Å²) in [7, 11) is 4.65. The molecule has 0 aliphatic heterocycles. The number of anilines is 1. The first-order valence-electron chi connectivity index (χ1n) is 8.18. The number of amides is 1. The average molecular weight is 357 g/mol. The summed E-state index contributed by atoms with van der Waals surface area (Å²) in [5, 5.41) is 2.81. The van der Waals surface area contributed by atoms with Gasteiger partial charge in [0, 0.05) is 17.7 Å². The summed E-state index contributed by atoms with van der Waals surface area (Å²) in [6.45, 7) is 1.49. The second-order valence-corrected chi connectivity index (χ2v) is 5.72. The van der Waals surface area contributed by atoms with Crippen LogP contribution in [0.25, 0.3) is 0 Å². The summed E-state index contributed by atoms with van der Waals surface area (Å²) in [4.78, 5) is 23.6. The minimum atomic E-state index is -0.139. The second kappa shape index (κ2) is 8.89. The Labute approximate surface area is 153 Å². The van der Waals surface area contributed by atoms with E-state index >= 15 is 0 Å². The quantitative estimate of drug-likeness (QED) is 0.732. The van der Waals surface area contributed by atoms with Crippen molar-refractivity contribution in [3.05, 3.63) is 47.5 Å². The molecule has 2 aromatic carbocycles. The molecule has 0 saturated carbocycles. The maximum atomic E-state index is 12.2. The van der Waals surface area contributed by atoms with Crippen LogP contribution in [0.4, 0.5) is 5.69 Å². The SMILES string of the molecule is COc1cc(CCC(=O)Nc2cccc(C(C)=O)c2)cc(OC)c1OC. The number of methoxy groups -OCH3 is 3. The van der Waals surface area contributed by atoms with Gasteiger partial charge in [-0.05, 0) is 43.2 Å². The van der Waals surface area contributed by atoms with Crippen molar-refractivity contribution >= 4 is 17.4 Å². The molecule has 26 heavy (non-hydrogen) atoms. The largest absolute Gasteiger partial charge is 0.493 e. The third-order valence-corrected chi connectivity index (χ3v) is 3.92.